The molecule has 4 aliphatic rings. The average Bonchev–Trinajstić information content (AvgIpc) is 0.794. The fourth-order valence-corrected chi connectivity index (χ4v) is 13.9. The standard InChI is InChI=1S/C67H110ClF6N11O11/c1-18-40(8)56-63(95)80(13)36-55(88)85-28-27-50(85)62(94)83(16)52(34-43-19-23-44(24-20-43)66(69,70)71)61(93)79(12)35-53(86)75-47(26-22-42-21-25-45(46(68)33-42)67(72,73)74)57(89)76-49(30-38(4)5)60(92)84(17)65(10,11)64(96)77-48(29-37(2)3)59(91)81(14)41(9)32-54(87)82(15)51(31-39(6)7)58(90)78-56/h37-52,56H,18-36H2,1-17H3,(H,75,86)(H,76,89)(H,77,96)(H,78,90)/t40-,41+,42?,43?,44?,45?,46?,47-,48-,49-,50-,51-,52-,56-/m0/s1. The van der Waals surface area contributed by atoms with Crippen LogP contribution in [0.3, 0.4) is 0 Å². The largest absolute Gasteiger partial charge is 0.393 e. The van der Waals surface area contributed by atoms with Crippen LogP contribution < -0.4 is 21.3 Å². The van der Waals surface area contributed by atoms with Crippen molar-refractivity contribution in [1.82, 2.24) is 55.6 Å². The Morgan fingerprint density at radius 2 is 1.10 bits per heavy atom. The van der Waals surface area contributed by atoms with Crippen LogP contribution in [0.25, 0.3) is 0 Å². The lowest BCUT2D eigenvalue weighted by atomic mass is 9.78. The first kappa shape index (κ1) is 82.5. The summed E-state index contributed by atoms with van der Waals surface area (Å²) in [6.07, 6.45) is -9.29. The number of rotatable bonds is 13. The van der Waals surface area contributed by atoms with Gasteiger partial charge in [0, 0.05) is 66.7 Å². The fourth-order valence-electron chi connectivity index (χ4n) is 13.3. The number of halogens is 7. The average molecular weight is 1400 g/mol. The number of nitrogens with zero attached hydrogens (tertiary/aromatic N) is 7. The number of amides is 11. The quantitative estimate of drug-likeness (QED) is 0.109. The van der Waals surface area contributed by atoms with E-state index in [2.05, 4.69) is 21.3 Å². The topological polar surface area (TPSA) is 259 Å². The van der Waals surface area contributed by atoms with Crippen LogP contribution in [0.15, 0.2) is 0 Å². The van der Waals surface area contributed by atoms with Crippen molar-refractivity contribution in [2.45, 2.75) is 250 Å². The van der Waals surface area contributed by atoms with Crippen LogP contribution in [0.2, 0.25) is 0 Å². The number of carbonyl (C=O) groups is 11. The second kappa shape index (κ2) is 35.2. The van der Waals surface area contributed by atoms with E-state index < -0.39 is 179 Å². The first-order valence-corrected chi connectivity index (χ1v) is 34.6. The number of fused-ring (bicyclic) bond motifs is 1. The monoisotopic (exact) mass is 1390 g/mol. The third kappa shape index (κ3) is 22.3. The van der Waals surface area contributed by atoms with Gasteiger partial charge in [-0.25, -0.2) is 0 Å². The summed E-state index contributed by atoms with van der Waals surface area (Å²) in [5.41, 5.74) is -1.72. The van der Waals surface area contributed by atoms with Crippen molar-refractivity contribution in [1.29, 1.82) is 0 Å². The van der Waals surface area contributed by atoms with Gasteiger partial charge in [0.05, 0.1) is 24.9 Å². The van der Waals surface area contributed by atoms with E-state index in [0.717, 1.165) is 19.6 Å². The van der Waals surface area contributed by atoms with Gasteiger partial charge in [0.25, 0.3) is 0 Å². The van der Waals surface area contributed by atoms with E-state index >= 15 is 0 Å². The second-order valence-corrected chi connectivity index (χ2v) is 30.2. The highest BCUT2D eigenvalue weighted by Gasteiger charge is 2.49. The van der Waals surface area contributed by atoms with E-state index in [1.54, 1.807) is 27.7 Å². The second-order valence-electron chi connectivity index (χ2n) is 29.6. The minimum absolute atomic E-state index is 0.00140. The van der Waals surface area contributed by atoms with Gasteiger partial charge in [0.1, 0.15) is 47.8 Å². The molecule has 548 valence electrons. The molecule has 2 aliphatic heterocycles. The third-order valence-electron chi connectivity index (χ3n) is 20.4. The molecule has 0 bridgehead atoms. The normalized spacial score (nSPS) is 30.3. The molecule has 12 atom stereocenters. The maximum atomic E-state index is 14.9. The Balaban J connectivity index is 1.83. The SMILES string of the molecule is CC[C@H](C)[C@@H]1NC(=O)[C@H](CC(C)C)N(C)C(=O)C[C@@H](C)N(C)C(=O)[C@H](CC(C)C)NC(=O)C(C)(C)N(C)C(=O)[C@H](CC(C)C)NC(=O)[C@H](CCC2CCC(C(F)(F)F)C(Cl)C2)NC(=O)CN(C)C(=O)[C@H](CC2CCC(C(F)(F)F)CC2)N(C)C(=O)[C@@H]2CCN2C(=O)CN(C)C1=O. The fraction of sp³-hybridized carbons (Fsp3) is 0.836. The maximum absolute atomic E-state index is 14.9. The van der Waals surface area contributed by atoms with Crippen LogP contribution in [0.5, 0.6) is 0 Å². The number of likely N-dealkylation sites (N-methyl/N-ethyl adjacent to an activating group) is 6. The molecule has 29 heteroatoms. The Bertz CT molecular complexity index is 2730. The van der Waals surface area contributed by atoms with Crippen LogP contribution in [-0.2, 0) is 52.7 Å². The molecular weight excluding hydrogens is 1280 g/mol. The van der Waals surface area contributed by atoms with Gasteiger partial charge in [-0.05, 0) is 146 Å². The van der Waals surface area contributed by atoms with Crippen molar-refractivity contribution < 1.29 is 79.1 Å². The van der Waals surface area contributed by atoms with Crippen molar-refractivity contribution in [3.05, 3.63) is 0 Å². The first-order valence-electron chi connectivity index (χ1n) is 34.2. The Labute approximate surface area is 568 Å². The van der Waals surface area contributed by atoms with E-state index in [0.29, 0.717) is 6.42 Å². The molecule has 22 nitrogen and oxygen atoms in total. The van der Waals surface area contributed by atoms with Gasteiger partial charge in [-0.3, -0.25) is 52.7 Å². The van der Waals surface area contributed by atoms with E-state index in [1.165, 1.54) is 70.8 Å². The Morgan fingerprint density at radius 3 is 1.61 bits per heavy atom. The molecule has 4 N–H and O–H groups in total. The lowest BCUT2D eigenvalue weighted by Gasteiger charge is -2.44. The minimum Gasteiger partial charge on any atom is -0.343 e. The maximum Gasteiger partial charge on any atom is 0.393 e. The van der Waals surface area contributed by atoms with Gasteiger partial charge in [-0.1, -0.05) is 61.8 Å². The van der Waals surface area contributed by atoms with Gasteiger partial charge < -0.3 is 55.6 Å². The Morgan fingerprint density at radius 1 is 0.552 bits per heavy atom. The summed E-state index contributed by atoms with van der Waals surface area (Å²) >= 11 is 6.33. The van der Waals surface area contributed by atoms with E-state index in [4.69, 9.17) is 11.6 Å². The van der Waals surface area contributed by atoms with Gasteiger partial charge in [0.15, 0.2) is 0 Å². The zero-order valence-electron chi connectivity index (χ0n) is 59.5. The summed E-state index contributed by atoms with van der Waals surface area (Å²) in [6.45, 7) is 17.8. The molecule has 2 heterocycles. The number of hydrogen-bond donors (Lipinski definition) is 4. The van der Waals surface area contributed by atoms with Crippen molar-refractivity contribution in [3.8, 4) is 0 Å². The summed E-state index contributed by atoms with van der Waals surface area (Å²) in [5, 5.41) is 9.85. The molecule has 11 amide bonds. The molecule has 3 unspecified atom stereocenters. The highest BCUT2D eigenvalue weighted by molar-refractivity contribution is 6.20. The molecule has 0 aromatic rings. The van der Waals surface area contributed by atoms with Crippen LogP contribution in [0, 0.1) is 47.3 Å². The Kier molecular flexibility index (Phi) is 30.2. The molecule has 4 fully saturated rings. The third-order valence-corrected chi connectivity index (χ3v) is 20.9. The number of carbonyl (C=O) groups excluding carboxylic acids is 11. The van der Waals surface area contributed by atoms with Crippen LogP contribution in [-0.4, -0.2) is 233 Å². The van der Waals surface area contributed by atoms with Crippen molar-refractivity contribution in [2.75, 3.05) is 61.9 Å². The lowest BCUT2D eigenvalue weighted by molar-refractivity contribution is -0.184. The zero-order valence-corrected chi connectivity index (χ0v) is 60.3. The molecule has 96 heavy (non-hydrogen) atoms. The number of alkyl halides is 7. The minimum atomic E-state index is -4.55. The predicted molar refractivity (Wildman–Crippen MR) is 350 cm³/mol. The smallest absolute Gasteiger partial charge is 0.343 e. The molecule has 4 rings (SSSR count). The summed E-state index contributed by atoms with van der Waals surface area (Å²) < 4.78 is 83.5. The molecule has 2 saturated heterocycles. The van der Waals surface area contributed by atoms with Crippen molar-refractivity contribution in [3.63, 3.8) is 0 Å². The lowest BCUT2D eigenvalue weighted by Crippen LogP contribution is -2.63. The Hall–Kier alpha value is -5.96. The van der Waals surface area contributed by atoms with Gasteiger partial charge in [-0.2, -0.15) is 26.3 Å². The molecule has 2 aliphatic carbocycles. The molecule has 0 aromatic heterocycles. The highest BCUT2D eigenvalue weighted by atomic mass is 35.5. The zero-order chi connectivity index (χ0) is 73.0. The van der Waals surface area contributed by atoms with Crippen LogP contribution in [0.1, 0.15) is 179 Å². The summed E-state index contributed by atoms with van der Waals surface area (Å²) in [7, 11) is 8.22. The van der Waals surface area contributed by atoms with E-state index in [-0.39, 0.29) is 121 Å². The molecule has 2 saturated carbocycles. The summed E-state index contributed by atoms with van der Waals surface area (Å²) in [6, 6.07) is -9.67. The van der Waals surface area contributed by atoms with Crippen LogP contribution in [0.4, 0.5) is 26.3 Å². The molecule has 0 aromatic carbocycles. The molecular formula is C67H110ClF6N11O11. The summed E-state index contributed by atoms with van der Waals surface area (Å²) in [4.78, 5) is 169. The number of hydrogen-bond acceptors (Lipinski definition) is 11. The van der Waals surface area contributed by atoms with Gasteiger partial charge in [0.2, 0.25) is 65.0 Å². The van der Waals surface area contributed by atoms with Gasteiger partial charge in [-0.15, -0.1) is 11.6 Å². The highest BCUT2D eigenvalue weighted by Crippen LogP contribution is 2.44. The molecule has 0 radical (unpaired) electrons. The van der Waals surface area contributed by atoms with Crippen molar-refractivity contribution in [2.24, 2.45) is 47.3 Å². The number of nitrogens with one attached hydrogen (secondary N) is 4. The summed E-state index contributed by atoms with van der Waals surface area (Å²) in [5.74, 6) is -13.2. The molecule has 0 spiro atoms. The van der Waals surface area contributed by atoms with E-state index in [9.17, 15) is 79.1 Å². The predicted octanol–water partition coefficient (Wildman–Crippen LogP) is 6.89. The van der Waals surface area contributed by atoms with E-state index in [1.807, 2.05) is 34.6 Å². The van der Waals surface area contributed by atoms with Gasteiger partial charge >= 0.3 is 12.4 Å². The van der Waals surface area contributed by atoms with Crippen LogP contribution >= 0.6 is 11.6 Å². The first-order chi connectivity index (χ1) is 44.3. The van der Waals surface area contributed by atoms with Crippen molar-refractivity contribution >= 4 is 76.6 Å².